The summed E-state index contributed by atoms with van der Waals surface area (Å²) in [6, 6.07) is 12.0. The molecular formula is C27H25BrN4O5. The van der Waals surface area contributed by atoms with Gasteiger partial charge in [-0.15, -0.1) is 0 Å². The zero-order valence-electron chi connectivity index (χ0n) is 20.4. The standard InChI is InChI=1S/C27H25BrN4O5/c1-3-36-27(35)20-14-19-23(29-22-16(2)8-6-12-31(22)26(19)34)32(15-17-9-7-13-37-17)24(20)30-25(33)18-10-4-5-11-21(18)28/h4-6,8,10-12,14,17H,3,7,9,13,15H2,1-2H3. The molecule has 0 N–H and O–H groups in total. The molecule has 3 aromatic heterocycles. The van der Waals surface area contributed by atoms with E-state index in [1.54, 1.807) is 48.0 Å². The molecule has 1 unspecified atom stereocenters. The number of ether oxygens (including phenoxy) is 2. The van der Waals surface area contributed by atoms with Crippen molar-refractivity contribution in [3.8, 4) is 0 Å². The molecule has 1 saturated heterocycles. The van der Waals surface area contributed by atoms with Crippen LogP contribution in [0.5, 0.6) is 0 Å². The Balaban J connectivity index is 1.89. The van der Waals surface area contributed by atoms with Crippen molar-refractivity contribution in [1.29, 1.82) is 0 Å². The molecule has 1 atom stereocenters. The molecule has 1 aliphatic rings. The first kappa shape index (κ1) is 25.0. The number of carbonyl (C=O) groups is 2. The average molecular weight is 565 g/mol. The number of fused-ring (bicyclic) bond motifs is 2. The number of aromatic nitrogens is 3. The predicted molar refractivity (Wildman–Crippen MR) is 141 cm³/mol. The lowest BCUT2D eigenvalue weighted by Crippen LogP contribution is -2.35. The van der Waals surface area contributed by atoms with Crippen molar-refractivity contribution in [1.82, 2.24) is 14.0 Å². The van der Waals surface area contributed by atoms with E-state index < -0.39 is 11.9 Å². The van der Waals surface area contributed by atoms with Gasteiger partial charge >= 0.3 is 5.97 Å². The normalized spacial score (nSPS) is 16.0. The molecule has 190 valence electrons. The fourth-order valence-corrected chi connectivity index (χ4v) is 4.98. The zero-order chi connectivity index (χ0) is 26.1. The molecule has 4 aromatic rings. The number of esters is 1. The van der Waals surface area contributed by atoms with Gasteiger partial charge in [-0.3, -0.25) is 14.0 Å². The quantitative estimate of drug-likeness (QED) is 0.269. The van der Waals surface area contributed by atoms with Gasteiger partial charge in [0.2, 0.25) is 0 Å². The van der Waals surface area contributed by atoms with Crippen LogP contribution in [0.4, 0.5) is 0 Å². The van der Waals surface area contributed by atoms with Crippen LogP contribution < -0.4 is 11.0 Å². The van der Waals surface area contributed by atoms with Gasteiger partial charge in [0, 0.05) is 17.3 Å². The zero-order valence-corrected chi connectivity index (χ0v) is 22.0. The molecule has 1 aromatic carbocycles. The van der Waals surface area contributed by atoms with Crippen LogP contribution >= 0.6 is 15.9 Å². The summed E-state index contributed by atoms with van der Waals surface area (Å²) in [5.41, 5.74) is 1.70. The van der Waals surface area contributed by atoms with Gasteiger partial charge < -0.3 is 14.0 Å². The lowest BCUT2D eigenvalue weighted by molar-refractivity contribution is 0.0521. The van der Waals surface area contributed by atoms with Gasteiger partial charge in [0.05, 0.1) is 30.2 Å². The maximum atomic E-state index is 13.6. The molecular weight excluding hydrogens is 540 g/mol. The summed E-state index contributed by atoms with van der Waals surface area (Å²) in [7, 11) is 0. The topological polar surface area (TPSA) is 104 Å². The van der Waals surface area contributed by atoms with Crippen molar-refractivity contribution in [3.05, 3.63) is 85.7 Å². The molecule has 4 heterocycles. The number of rotatable bonds is 5. The Kier molecular flexibility index (Phi) is 7.03. The van der Waals surface area contributed by atoms with Crippen LogP contribution in [0, 0.1) is 6.92 Å². The maximum Gasteiger partial charge on any atom is 0.341 e. The lowest BCUT2D eigenvalue weighted by atomic mass is 10.1. The Morgan fingerprint density at radius 2 is 2.00 bits per heavy atom. The smallest absolute Gasteiger partial charge is 0.341 e. The van der Waals surface area contributed by atoms with Crippen molar-refractivity contribution in [3.63, 3.8) is 0 Å². The van der Waals surface area contributed by atoms with Gasteiger partial charge in [0.25, 0.3) is 11.5 Å². The minimum absolute atomic E-state index is 0.0132. The minimum atomic E-state index is -0.682. The summed E-state index contributed by atoms with van der Waals surface area (Å²) in [5.74, 6) is -1.23. The van der Waals surface area contributed by atoms with E-state index in [0.29, 0.717) is 27.9 Å². The van der Waals surface area contributed by atoms with Gasteiger partial charge in [-0.05, 0) is 72.4 Å². The van der Waals surface area contributed by atoms with Gasteiger partial charge in [-0.2, -0.15) is 4.99 Å². The SMILES string of the molecule is CCOC(=O)c1cc2c(=O)n3cccc(C)c3nc2n(CC2CCCO2)c1=NC(=O)c1ccccc1Br. The van der Waals surface area contributed by atoms with E-state index in [-0.39, 0.29) is 41.3 Å². The summed E-state index contributed by atoms with van der Waals surface area (Å²) in [6.07, 6.45) is 3.14. The number of nitrogens with zero attached hydrogens (tertiary/aromatic N) is 4. The fourth-order valence-electron chi connectivity index (χ4n) is 4.52. The highest BCUT2D eigenvalue weighted by atomic mass is 79.9. The van der Waals surface area contributed by atoms with E-state index in [4.69, 9.17) is 14.5 Å². The van der Waals surface area contributed by atoms with Crippen molar-refractivity contribution >= 4 is 44.5 Å². The molecule has 0 bridgehead atoms. The molecule has 1 fully saturated rings. The summed E-state index contributed by atoms with van der Waals surface area (Å²) >= 11 is 3.40. The Hall–Kier alpha value is -3.63. The number of hydrogen-bond acceptors (Lipinski definition) is 6. The molecule has 1 aliphatic heterocycles. The predicted octanol–water partition coefficient (Wildman–Crippen LogP) is 3.82. The number of pyridine rings is 2. The van der Waals surface area contributed by atoms with Crippen LogP contribution in [0.15, 0.2) is 62.9 Å². The van der Waals surface area contributed by atoms with Crippen LogP contribution in [-0.4, -0.2) is 45.1 Å². The Bertz CT molecular complexity index is 1670. The molecule has 0 radical (unpaired) electrons. The monoisotopic (exact) mass is 564 g/mol. The Labute approximate surface area is 220 Å². The summed E-state index contributed by atoms with van der Waals surface area (Å²) < 4.78 is 14.9. The molecule has 9 nitrogen and oxygen atoms in total. The van der Waals surface area contributed by atoms with E-state index in [0.717, 1.165) is 18.4 Å². The summed E-state index contributed by atoms with van der Waals surface area (Å²) in [6.45, 7) is 4.55. The molecule has 0 spiro atoms. The summed E-state index contributed by atoms with van der Waals surface area (Å²) in [4.78, 5) is 49.3. The molecule has 5 rings (SSSR count). The number of hydrogen-bond donors (Lipinski definition) is 0. The van der Waals surface area contributed by atoms with E-state index in [9.17, 15) is 14.4 Å². The first-order valence-corrected chi connectivity index (χ1v) is 12.9. The second-order valence-corrected chi connectivity index (χ2v) is 9.64. The molecule has 1 amide bonds. The van der Waals surface area contributed by atoms with Crippen molar-refractivity contribution in [2.45, 2.75) is 39.3 Å². The van der Waals surface area contributed by atoms with E-state index >= 15 is 0 Å². The first-order valence-electron chi connectivity index (χ1n) is 12.1. The van der Waals surface area contributed by atoms with Crippen LogP contribution in [0.2, 0.25) is 0 Å². The van der Waals surface area contributed by atoms with Crippen LogP contribution in [-0.2, 0) is 16.0 Å². The molecule has 0 saturated carbocycles. The lowest BCUT2D eigenvalue weighted by Gasteiger charge is -2.18. The third-order valence-corrected chi connectivity index (χ3v) is 7.01. The van der Waals surface area contributed by atoms with Crippen LogP contribution in [0.3, 0.4) is 0 Å². The van der Waals surface area contributed by atoms with E-state index in [1.807, 2.05) is 13.0 Å². The van der Waals surface area contributed by atoms with E-state index in [1.165, 1.54) is 10.5 Å². The minimum Gasteiger partial charge on any atom is -0.462 e. The number of aryl methyl sites for hydroxylation is 1. The summed E-state index contributed by atoms with van der Waals surface area (Å²) in [5, 5.41) is 0.219. The Morgan fingerprint density at radius 1 is 1.19 bits per heavy atom. The van der Waals surface area contributed by atoms with Crippen LogP contribution in [0.1, 0.15) is 46.0 Å². The second-order valence-electron chi connectivity index (χ2n) is 8.78. The first-order chi connectivity index (χ1) is 17.9. The largest absolute Gasteiger partial charge is 0.462 e. The number of benzene rings is 1. The third-order valence-electron chi connectivity index (χ3n) is 6.32. The second kappa shape index (κ2) is 10.4. The van der Waals surface area contributed by atoms with Gasteiger partial charge in [-0.1, -0.05) is 18.2 Å². The van der Waals surface area contributed by atoms with Gasteiger partial charge in [0.1, 0.15) is 16.9 Å². The highest BCUT2D eigenvalue weighted by Crippen LogP contribution is 2.19. The number of carbonyl (C=O) groups excluding carboxylic acids is 2. The van der Waals surface area contributed by atoms with E-state index in [2.05, 4.69) is 20.9 Å². The average Bonchev–Trinajstić information content (AvgIpc) is 3.40. The Morgan fingerprint density at radius 3 is 2.73 bits per heavy atom. The maximum absolute atomic E-state index is 13.6. The molecule has 10 heteroatoms. The van der Waals surface area contributed by atoms with Crippen molar-refractivity contribution in [2.75, 3.05) is 13.2 Å². The highest BCUT2D eigenvalue weighted by molar-refractivity contribution is 9.10. The van der Waals surface area contributed by atoms with Crippen molar-refractivity contribution in [2.24, 2.45) is 4.99 Å². The molecule has 37 heavy (non-hydrogen) atoms. The number of amides is 1. The third kappa shape index (κ3) is 4.74. The van der Waals surface area contributed by atoms with Crippen LogP contribution in [0.25, 0.3) is 16.7 Å². The van der Waals surface area contributed by atoms with Gasteiger partial charge in [0.15, 0.2) is 5.49 Å². The molecule has 0 aliphatic carbocycles. The fraction of sp³-hybridized carbons (Fsp3) is 0.296. The number of halogens is 1. The van der Waals surface area contributed by atoms with Gasteiger partial charge in [-0.25, -0.2) is 9.78 Å². The van der Waals surface area contributed by atoms with Crippen molar-refractivity contribution < 1.29 is 19.1 Å². The highest BCUT2D eigenvalue weighted by Gasteiger charge is 2.24.